The summed E-state index contributed by atoms with van der Waals surface area (Å²) in [6.45, 7) is 16.7. The van der Waals surface area contributed by atoms with Crippen LogP contribution in [0.2, 0.25) is 0 Å². The van der Waals surface area contributed by atoms with Crippen molar-refractivity contribution in [3.8, 4) is 5.82 Å². The SMILES string of the molecule is CC(=O)CCc1c(C[C@H](NC(=O)[C@H](CC(C)C)NC(=O)[C@H](C)NC(=O)[C@H](C)NC(=O)CNC(=O)[C@H](CCCN=C(N)N)NC(=O)[C@H](C)NC(C)=O)C(=O)N[C@H](C(=O)N[C@H](C(N)=O)C(C)C)C(C)C)c2ccccc2n1-c1ccccn1. The summed E-state index contributed by atoms with van der Waals surface area (Å²) in [7, 11) is 0. The zero-order valence-electron chi connectivity index (χ0n) is 48.2. The van der Waals surface area contributed by atoms with Gasteiger partial charge in [0.05, 0.1) is 12.1 Å². The monoisotopic (exact) mass is 1130 g/mol. The summed E-state index contributed by atoms with van der Waals surface area (Å²) in [5.41, 5.74) is 18.3. The first-order chi connectivity index (χ1) is 38.0. The maximum Gasteiger partial charge on any atom is 0.243 e. The van der Waals surface area contributed by atoms with Crippen molar-refractivity contribution >= 4 is 81.7 Å². The Labute approximate surface area is 472 Å². The molecule has 0 bridgehead atoms. The van der Waals surface area contributed by atoms with Crippen LogP contribution >= 0.6 is 0 Å². The van der Waals surface area contributed by atoms with Gasteiger partial charge in [-0.15, -0.1) is 0 Å². The highest BCUT2D eigenvalue weighted by Crippen LogP contribution is 2.31. The number of para-hydroxylation sites is 1. The number of hydrogen-bond acceptors (Lipinski definition) is 13. The molecular formula is C55H83N15O11. The molecule has 3 rings (SSSR count). The van der Waals surface area contributed by atoms with Gasteiger partial charge in [0.1, 0.15) is 59.9 Å². The van der Waals surface area contributed by atoms with Crippen molar-refractivity contribution in [3.63, 3.8) is 0 Å². The van der Waals surface area contributed by atoms with E-state index in [4.69, 9.17) is 17.2 Å². The topological polar surface area (TPSA) is 404 Å². The number of nitrogens with one attached hydrogen (secondary N) is 9. The number of Topliss-reactive ketones (excluding diaryl/α,β-unsaturated/α-hetero) is 1. The van der Waals surface area contributed by atoms with Crippen molar-refractivity contribution in [1.82, 2.24) is 57.4 Å². The fourth-order valence-electron chi connectivity index (χ4n) is 8.67. The lowest BCUT2D eigenvalue weighted by molar-refractivity contribution is -0.136. The molecule has 0 radical (unpaired) electrons. The summed E-state index contributed by atoms with van der Waals surface area (Å²) in [6, 6.07) is 3.04. The number of ketones is 1. The van der Waals surface area contributed by atoms with Crippen LogP contribution in [0.15, 0.2) is 53.7 Å². The number of carbonyl (C=O) groups is 11. The molecule has 0 fully saturated rings. The second kappa shape index (κ2) is 32.0. The Bertz CT molecular complexity index is 2760. The molecule has 0 spiro atoms. The number of primary amides is 1. The molecule has 0 unspecified atom stereocenters. The summed E-state index contributed by atoms with van der Waals surface area (Å²) in [5, 5.41) is 24.0. The highest BCUT2D eigenvalue weighted by atomic mass is 16.2. The van der Waals surface area contributed by atoms with Crippen LogP contribution in [-0.4, -0.2) is 142 Å². The standard InChI is InChI=1S/C55H83N15O11/c1-28(2)25-39(66-50(77)34(10)64-48(75)33(9)63-44(73)27-61-51(78)38(18-16-24-60-55(57)58)65-49(76)32(8)62-35(11)72)52(79)67-40(53(80)69-46(30(5)6)54(81)68-45(29(3)4)47(56)74)26-37-36-17-12-13-19-41(36)70(42(37)22-21-31(7)71)43-20-14-15-23-59-43/h12-15,17,19-20,23,28-30,32-34,38-40,45-46H,16,18,21-22,24-27H2,1-11H3,(H2,56,74)(H,61,78)(H,62,72)(H,63,73)(H,64,75)(H,65,76)(H,66,77)(H,67,79)(H,68,81)(H,69,80)(H4,57,58,60)/t32-,33-,34-,38-,39-,40-,45-,46-/m0/s1. The summed E-state index contributed by atoms with van der Waals surface area (Å²) in [5.74, 6) is -8.17. The van der Waals surface area contributed by atoms with E-state index in [1.54, 1.807) is 46.0 Å². The Morgan fingerprint density at radius 2 is 1.15 bits per heavy atom. The second-order valence-corrected chi connectivity index (χ2v) is 21.2. The number of guanidine groups is 1. The highest BCUT2D eigenvalue weighted by Gasteiger charge is 2.36. The number of pyridine rings is 1. The number of aliphatic imine (C=N–C) groups is 1. The minimum atomic E-state index is -1.43. The fraction of sp³-hybridized carbons (Fsp3) is 0.545. The third kappa shape index (κ3) is 21.3. The zero-order chi connectivity index (χ0) is 60.8. The summed E-state index contributed by atoms with van der Waals surface area (Å²) in [4.78, 5) is 154. The third-order valence-electron chi connectivity index (χ3n) is 12.9. The molecule has 444 valence electrons. The van der Waals surface area contributed by atoms with Crippen LogP contribution in [0.5, 0.6) is 0 Å². The van der Waals surface area contributed by atoms with Gasteiger partial charge in [-0.3, -0.25) is 57.5 Å². The second-order valence-electron chi connectivity index (χ2n) is 21.2. The Hall–Kier alpha value is -8.45. The number of nitrogens with zero attached hydrogens (tertiary/aromatic N) is 3. The van der Waals surface area contributed by atoms with E-state index in [1.807, 2.05) is 48.7 Å². The molecule has 0 aliphatic rings. The van der Waals surface area contributed by atoms with E-state index < -0.39 is 120 Å². The van der Waals surface area contributed by atoms with Crippen LogP contribution in [0.4, 0.5) is 0 Å². The molecule has 0 saturated carbocycles. The number of nitrogens with two attached hydrogens (primary N) is 3. The van der Waals surface area contributed by atoms with Gasteiger partial charge in [-0.05, 0) is 94.9 Å². The van der Waals surface area contributed by atoms with E-state index in [0.717, 1.165) is 0 Å². The summed E-state index contributed by atoms with van der Waals surface area (Å²) >= 11 is 0. The normalized spacial score (nSPS) is 14.1. The van der Waals surface area contributed by atoms with Crippen molar-refractivity contribution in [2.24, 2.45) is 39.9 Å². The fourth-order valence-corrected chi connectivity index (χ4v) is 8.67. The average Bonchev–Trinajstić information content (AvgIpc) is 3.99. The van der Waals surface area contributed by atoms with Crippen molar-refractivity contribution in [2.45, 2.75) is 163 Å². The molecule has 0 aliphatic carbocycles. The smallest absolute Gasteiger partial charge is 0.243 e. The Balaban J connectivity index is 1.91. The Kier molecular flexibility index (Phi) is 26.4. The first kappa shape index (κ1) is 66.8. The van der Waals surface area contributed by atoms with E-state index in [2.05, 4.69) is 57.8 Å². The van der Waals surface area contributed by atoms with E-state index in [-0.39, 0.29) is 68.6 Å². The van der Waals surface area contributed by atoms with E-state index in [9.17, 15) is 52.7 Å². The third-order valence-corrected chi connectivity index (χ3v) is 12.9. The predicted octanol–water partition coefficient (Wildman–Crippen LogP) is -0.939. The van der Waals surface area contributed by atoms with Gasteiger partial charge in [0.25, 0.3) is 0 Å². The minimum absolute atomic E-state index is 0.0547. The molecule has 81 heavy (non-hydrogen) atoms. The lowest BCUT2D eigenvalue weighted by Gasteiger charge is -2.29. The summed E-state index contributed by atoms with van der Waals surface area (Å²) in [6.07, 6.45) is 2.17. The van der Waals surface area contributed by atoms with Crippen LogP contribution in [0.3, 0.4) is 0 Å². The first-order valence-electron chi connectivity index (χ1n) is 27.1. The molecule has 2 aromatic heterocycles. The molecule has 3 aromatic rings. The van der Waals surface area contributed by atoms with E-state index in [0.29, 0.717) is 28.0 Å². The lowest BCUT2D eigenvalue weighted by Crippen LogP contribution is -2.61. The van der Waals surface area contributed by atoms with Crippen LogP contribution in [0, 0.1) is 17.8 Å². The lowest BCUT2D eigenvalue weighted by atomic mass is 9.96. The van der Waals surface area contributed by atoms with E-state index >= 15 is 0 Å². The number of rotatable bonds is 32. The van der Waals surface area contributed by atoms with Gasteiger partial charge >= 0.3 is 0 Å². The molecule has 2 heterocycles. The Morgan fingerprint density at radius 3 is 1.72 bits per heavy atom. The van der Waals surface area contributed by atoms with Gasteiger partial charge in [0.2, 0.25) is 59.1 Å². The Morgan fingerprint density at radius 1 is 0.593 bits per heavy atom. The van der Waals surface area contributed by atoms with Gasteiger partial charge in [0, 0.05) is 43.6 Å². The number of amides is 10. The van der Waals surface area contributed by atoms with Gasteiger partial charge < -0.3 is 69.8 Å². The van der Waals surface area contributed by atoms with Crippen LogP contribution in [-0.2, 0) is 65.6 Å². The molecule has 26 nitrogen and oxygen atoms in total. The molecule has 15 N–H and O–H groups in total. The highest BCUT2D eigenvalue weighted by molar-refractivity contribution is 5.98. The van der Waals surface area contributed by atoms with Crippen molar-refractivity contribution in [2.75, 3.05) is 13.1 Å². The average molecular weight is 1130 g/mol. The van der Waals surface area contributed by atoms with E-state index in [1.165, 1.54) is 34.6 Å². The number of carbonyl (C=O) groups excluding carboxylic acids is 11. The van der Waals surface area contributed by atoms with Crippen molar-refractivity contribution in [1.29, 1.82) is 0 Å². The largest absolute Gasteiger partial charge is 0.370 e. The number of benzene rings is 1. The van der Waals surface area contributed by atoms with Crippen LogP contribution in [0.1, 0.15) is 113 Å². The van der Waals surface area contributed by atoms with Crippen LogP contribution in [0.25, 0.3) is 16.7 Å². The number of fused-ring (bicyclic) bond motifs is 1. The van der Waals surface area contributed by atoms with Crippen molar-refractivity contribution < 1.29 is 52.7 Å². The molecule has 0 saturated heterocycles. The molecule has 26 heteroatoms. The van der Waals surface area contributed by atoms with Gasteiger partial charge in [-0.25, -0.2) is 4.98 Å². The molecule has 10 amide bonds. The maximum absolute atomic E-state index is 14.9. The van der Waals surface area contributed by atoms with Gasteiger partial charge in [0.15, 0.2) is 5.96 Å². The molecule has 1 aromatic carbocycles. The summed E-state index contributed by atoms with van der Waals surface area (Å²) < 4.78 is 1.90. The molecule has 8 atom stereocenters. The predicted molar refractivity (Wildman–Crippen MR) is 303 cm³/mol. The number of aromatic nitrogens is 2. The quantitative estimate of drug-likeness (QED) is 0.0204. The maximum atomic E-state index is 14.9. The van der Waals surface area contributed by atoms with Gasteiger partial charge in [-0.1, -0.05) is 65.8 Å². The first-order valence-corrected chi connectivity index (χ1v) is 27.1. The minimum Gasteiger partial charge on any atom is -0.370 e. The number of hydrogen-bond donors (Lipinski definition) is 12. The van der Waals surface area contributed by atoms with Crippen molar-refractivity contribution in [3.05, 3.63) is 59.9 Å². The molecular weight excluding hydrogens is 1050 g/mol. The van der Waals surface area contributed by atoms with Gasteiger partial charge in [-0.2, -0.15) is 0 Å². The molecule has 0 aliphatic heterocycles. The van der Waals surface area contributed by atoms with Crippen LogP contribution < -0.4 is 65.1 Å². The zero-order valence-corrected chi connectivity index (χ0v) is 48.2.